The lowest BCUT2D eigenvalue weighted by Gasteiger charge is -2.21. The molecule has 1 radical (unpaired) electrons. The summed E-state index contributed by atoms with van der Waals surface area (Å²) >= 11 is 0. The SMILES string of the molecule is COc1ccc(C(=O)N(c2c[c]c(F)cc2C#N)S(C)(=O)=O)cc1. The number of hydrogen-bond acceptors (Lipinski definition) is 5. The van der Waals surface area contributed by atoms with Crippen molar-refractivity contribution in [3.63, 3.8) is 0 Å². The molecule has 24 heavy (non-hydrogen) atoms. The Labute approximate surface area is 138 Å². The van der Waals surface area contributed by atoms with Gasteiger partial charge in [0.25, 0.3) is 5.91 Å². The van der Waals surface area contributed by atoms with E-state index in [4.69, 9.17) is 10.00 Å². The van der Waals surface area contributed by atoms with Crippen LogP contribution in [0.4, 0.5) is 10.1 Å². The molecule has 2 aromatic rings. The minimum atomic E-state index is -4.07. The fraction of sp³-hybridized carbons (Fsp3) is 0.125. The number of hydrogen-bond donors (Lipinski definition) is 0. The van der Waals surface area contributed by atoms with E-state index in [1.807, 2.05) is 0 Å². The van der Waals surface area contributed by atoms with Gasteiger partial charge in [0.2, 0.25) is 10.0 Å². The van der Waals surface area contributed by atoms with Crippen molar-refractivity contribution in [2.75, 3.05) is 17.7 Å². The van der Waals surface area contributed by atoms with Crippen molar-refractivity contribution in [2.45, 2.75) is 0 Å². The minimum Gasteiger partial charge on any atom is -0.497 e. The molecule has 0 spiro atoms. The number of halogens is 1. The summed E-state index contributed by atoms with van der Waals surface area (Å²) in [5, 5.41) is 9.10. The molecule has 8 heteroatoms. The topological polar surface area (TPSA) is 87.5 Å². The molecule has 123 valence electrons. The third-order valence-corrected chi connectivity index (χ3v) is 4.11. The summed E-state index contributed by atoms with van der Waals surface area (Å²) in [6, 6.07) is 11.4. The van der Waals surface area contributed by atoms with E-state index in [9.17, 15) is 17.6 Å². The maximum atomic E-state index is 13.2. The number of sulfonamides is 1. The lowest BCUT2D eigenvalue weighted by molar-refractivity contribution is 0.101. The third-order valence-electron chi connectivity index (χ3n) is 3.09. The Morgan fingerprint density at radius 1 is 1.33 bits per heavy atom. The minimum absolute atomic E-state index is 0.0643. The Bertz CT molecular complexity index is 918. The molecule has 0 aromatic heterocycles. The van der Waals surface area contributed by atoms with Crippen molar-refractivity contribution >= 4 is 21.6 Å². The molecule has 0 saturated carbocycles. The number of methoxy groups -OCH3 is 1. The Morgan fingerprint density at radius 3 is 2.46 bits per heavy atom. The van der Waals surface area contributed by atoms with Gasteiger partial charge in [-0.25, -0.2) is 17.1 Å². The summed E-state index contributed by atoms with van der Waals surface area (Å²) < 4.78 is 42.8. The monoisotopic (exact) mass is 347 g/mol. The van der Waals surface area contributed by atoms with Gasteiger partial charge >= 0.3 is 0 Å². The number of carbonyl (C=O) groups excluding carboxylic acids is 1. The summed E-state index contributed by atoms with van der Waals surface area (Å²) in [7, 11) is -2.62. The van der Waals surface area contributed by atoms with Crippen LogP contribution < -0.4 is 9.04 Å². The fourth-order valence-corrected chi connectivity index (χ4v) is 2.92. The van der Waals surface area contributed by atoms with Crippen LogP contribution in [0.25, 0.3) is 0 Å². The van der Waals surface area contributed by atoms with Crippen molar-refractivity contribution in [3.8, 4) is 11.8 Å². The highest BCUT2D eigenvalue weighted by molar-refractivity contribution is 7.92. The Kier molecular flexibility index (Phi) is 4.85. The average Bonchev–Trinajstić information content (AvgIpc) is 2.55. The van der Waals surface area contributed by atoms with Gasteiger partial charge in [0, 0.05) is 11.6 Å². The van der Waals surface area contributed by atoms with Gasteiger partial charge in [-0.3, -0.25) is 4.79 Å². The van der Waals surface area contributed by atoms with E-state index in [-0.39, 0.29) is 16.8 Å². The van der Waals surface area contributed by atoms with E-state index < -0.39 is 21.7 Å². The number of carbonyl (C=O) groups is 1. The van der Waals surface area contributed by atoms with Crippen LogP contribution in [0.3, 0.4) is 0 Å². The number of nitriles is 1. The maximum absolute atomic E-state index is 13.2. The largest absolute Gasteiger partial charge is 0.497 e. The number of benzene rings is 2. The van der Waals surface area contributed by atoms with E-state index in [2.05, 4.69) is 6.07 Å². The first-order chi connectivity index (χ1) is 11.3. The molecule has 1 amide bonds. The molecule has 0 bridgehead atoms. The molecule has 0 aliphatic heterocycles. The molecule has 6 nitrogen and oxygen atoms in total. The predicted molar refractivity (Wildman–Crippen MR) is 84.6 cm³/mol. The van der Waals surface area contributed by atoms with Crippen LogP contribution in [-0.2, 0) is 10.0 Å². The Balaban J connectivity index is 2.58. The van der Waals surface area contributed by atoms with E-state index >= 15 is 0 Å². The van der Waals surface area contributed by atoms with Gasteiger partial charge in [-0.2, -0.15) is 5.26 Å². The molecule has 0 heterocycles. The fourth-order valence-electron chi connectivity index (χ4n) is 2.00. The molecule has 0 aliphatic carbocycles. The highest BCUT2D eigenvalue weighted by Crippen LogP contribution is 2.26. The Morgan fingerprint density at radius 2 is 1.96 bits per heavy atom. The van der Waals surface area contributed by atoms with Gasteiger partial charge in [0.1, 0.15) is 17.6 Å². The summed E-state index contributed by atoms with van der Waals surface area (Å²) in [6.45, 7) is 0. The summed E-state index contributed by atoms with van der Waals surface area (Å²) in [6.07, 6.45) is 0.818. The predicted octanol–water partition coefficient (Wildman–Crippen LogP) is 2.11. The normalized spacial score (nSPS) is 10.8. The van der Waals surface area contributed by atoms with Crippen LogP contribution in [0.1, 0.15) is 15.9 Å². The molecule has 0 aliphatic rings. The van der Waals surface area contributed by atoms with Gasteiger partial charge in [-0.05, 0) is 36.4 Å². The van der Waals surface area contributed by atoms with Crippen LogP contribution in [0.15, 0.2) is 36.4 Å². The molecule has 2 aromatic carbocycles. The van der Waals surface area contributed by atoms with Crippen LogP contribution >= 0.6 is 0 Å². The van der Waals surface area contributed by atoms with Crippen LogP contribution in [-0.4, -0.2) is 27.7 Å². The summed E-state index contributed by atoms with van der Waals surface area (Å²) in [5.74, 6) is -1.22. The van der Waals surface area contributed by atoms with Gasteiger partial charge < -0.3 is 4.74 Å². The van der Waals surface area contributed by atoms with Crippen LogP contribution in [0, 0.1) is 23.2 Å². The van der Waals surface area contributed by atoms with Crippen molar-refractivity contribution in [1.82, 2.24) is 0 Å². The third kappa shape index (κ3) is 3.52. The average molecular weight is 347 g/mol. The second-order valence-electron chi connectivity index (χ2n) is 4.75. The van der Waals surface area contributed by atoms with Gasteiger partial charge in [-0.1, -0.05) is 0 Å². The number of ether oxygens (including phenoxy) is 1. The van der Waals surface area contributed by atoms with E-state index in [1.54, 1.807) is 6.07 Å². The van der Waals surface area contributed by atoms with E-state index in [0.29, 0.717) is 10.1 Å². The first-order valence-electron chi connectivity index (χ1n) is 6.58. The quantitative estimate of drug-likeness (QED) is 0.845. The second kappa shape index (κ2) is 6.68. The van der Waals surface area contributed by atoms with E-state index in [1.165, 1.54) is 31.4 Å². The standard InChI is InChI=1S/C16H12FN2O4S/c1-23-14-6-3-11(4-7-14)16(20)19(24(2,21)22)15-8-5-13(17)9-12(15)10-18/h3-4,6-9H,1-2H3. The summed E-state index contributed by atoms with van der Waals surface area (Å²) in [5.41, 5.74) is -0.491. The number of amides is 1. The van der Waals surface area contributed by atoms with Crippen molar-refractivity contribution < 1.29 is 22.3 Å². The smallest absolute Gasteiger partial charge is 0.272 e. The molecule has 0 N–H and O–H groups in total. The molecule has 0 unspecified atom stereocenters. The van der Waals surface area contributed by atoms with E-state index in [0.717, 1.165) is 18.4 Å². The molecular weight excluding hydrogens is 335 g/mol. The maximum Gasteiger partial charge on any atom is 0.272 e. The molecule has 0 fully saturated rings. The second-order valence-corrected chi connectivity index (χ2v) is 6.58. The first-order valence-corrected chi connectivity index (χ1v) is 8.42. The molecule has 2 rings (SSSR count). The lowest BCUT2D eigenvalue weighted by Crippen LogP contribution is -2.36. The zero-order valence-corrected chi connectivity index (χ0v) is 13.6. The number of rotatable bonds is 4. The zero-order chi connectivity index (χ0) is 17.9. The zero-order valence-electron chi connectivity index (χ0n) is 12.8. The van der Waals surface area contributed by atoms with Crippen LogP contribution in [0.2, 0.25) is 0 Å². The highest BCUT2D eigenvalue weighted by Gasteiger charge is 2.29. The van der Waals surface area contributed by atoms with Gasteiger partial charge in [-0.15, -0.1) is 0 Å². The molecular formula is C16H12FN2O4S. The Hall–Kier alpha value is -2.92. The van der Waals surface area contributed by atoms with Crippen LogP contribution in [0.5, 0.6) is 5.75 Å². The molecule has 0 saturated heterocycles. The van der Waals surface area contributed by atoms with Gasteiger partial charge in [0.05, 0.1) is 24.6 Å². The first kappa shape index (κ1) is 17.4. The number of nitrogens with zero attached hydrogens (tertiary/aromatic N) is 2. The number of anilines is 1. The van der Waals surface area contributed by atoms with Crippen molar-refractivity contribution in [1.29, 1.82) is 5.26 Å². The molecule has 0 atom stereocenters. The summed E-state index contributed by atoms with van der Waals surface area (Å²) in [4.78, 5) is 12.6. The lowest BCUT2D eigenvalue weighted by atomic mass is 10.1. The van der Waals surface area contributed by atoms with Crippen molar-refractivity contribution in [3.05, 3.63) is 59.4 Å². The van der Waals surface area contributed by atoms with Crippen molar-refractivity contribution in [2.24, 2.45) is 0 Å². The van der Waals surface area contributed by atoms with Gasteiger partial charge in [0.15, 0.2) is 0 Å². The highest BCUT2D eigenvalue weighted by atomic mass is 32.2.